The Labute approximate surface area is 132 Å². The standard InChI is InChI=1S/C17H26N2O3/c1-18(15-6-4-3-5-7-15)12-13-19-10-8-14(9-11-19)16(20)17(21)22-2/h3-7,14,16,20H,8-13H2,1-2H3/t16-/m1/s1. The van der Waals surface area contributed by atoms with Crippen LogP contribution >= 0.6 is 0 Å². The molecule has 0 amide bonds. The maximum Gasteiger partial charge on any atom is 0.334 e. The van der Waals surface area contributed by atoms with Gasteiger partial charge in [-0.25, -0.2) is 4.79 Å². The molecule has 1 atom stereocenters. The summed E-state index contributed by atoms with van der Waals surface area (Å²) in [7, 11) is 3.42. The number of anilines is 1. The molecular weight excluding hydrogens is 280 g/mol. The average molecular weight is 306 g/mol. The van der Waals surface area contributed by atoms with Gasteiger partial charge >= 0.3 is 5.97 Å². The Kier molecular flexibility index (Phi) is 6.21. The maximum absolute atomic E-state index is 11.4. The lowest BCUT2D eigenvalue weighted by atomic mass is 9.91. The van der Waals surface area contributed by atoms with E-state index in [0.29, 0.717) is 0 Å². The number of benzene rings is 1. The SMILES string of the molecule is COC(=O)[C@H](O)C1CCN(CCN(C)c2ccccc2)CC1. The highest BCUT2D eigenvalue weighted by Gasteiger charge is 2.30. The van der Waals surface area contributed by atoms with E-state index in [2.05, 4.69) is 33.7 Å². The van der Waals surface area contributed by atoms with E-state index in [1.54, 1.807) is 0 Å². The number of hydrogen-bond acceptors (Lipinski definition) is 5. The molecule has 0 spiro atoms. The van der Waals surface area contributed by atoms with Crippen molar-refractivity contribution < 1.29 is 14.6 Å². The van der Waals surface area contributed by atoms with E-state index in [1.165, 1.54) is 12.8 Å². The predicted molar refractivity (Wildman–Crippen MR) is 86.9 cm³/mol. The summed E-state index contributed by atoms with van der Waals surface area (Å²) >= 11 is 0. The predicted octanol–water partition coefficient (Wildman–Crippen LogP) is 1.37. The van der Waals surface area contributed by atoms with Gasteiger partial charge in [-0.05, 0) is 44.0 Å². The fourth-order valence-corrected chi connectivity index (χ4v) is 2.91. The maximum atomic E-state index is 11.4. The number of methoxy groups -OCH3 is 1. The fraction of sp³-hybridized carbons (Fsp3) is 0.588. The Bertz CT molecular complexity index is 458. The Morgan fingerprint density at radius 3 is 2.59 bits per heavy atom. The lowest BCUT2D eigenvalue weighted by Crippen LogP contribution is -2.43. The van der Waals surface area contributed by atoms with E-state index in [-0.39, 0.29) is 5.92 Å². The minimum atomic E-state index is -0.973. The minimum absolute atomic E-state index is 0.0237. The van der Waals surface area contributed by atoms with Gasteiger partial charge in [0, 0.05) is 25.8 Å². The highest BCUT2D eigenvalue weighted by Crippen LogP contribution is 2.21. The van der Waals surface area contributed by atoms with Crippen molar-refractivity contribution in [1.29, 1.82) is 0 Å². The van der Waals surface area contributed by atoms with Crippen molar-refractivity contribution in [2.45, 2.75) is 18.9 Å². The number of aliphatic hydroxyl groups is 1. The van der Waals surface area contributed by atoms with Gasteiger partial charge in [0.25, 0.3) is 0 Å². The van der Waals surface area contributed by atoms with Crippen LogP contribution in [0.25, 0.3) is 0 Å². The van der Waals surface area contributed by atoms with Gasteiger partial charge in [0.2, 0.25) is 0 Å². The van der Waals surface area contributed by atoms with E-state index in [4.69, 9.17) is 0 Å². The Morgan fingerprint density at radius 2 is 2.00 bits per heavy atom. The average Bonchev–Trinajstić information content (AvgIpc) is 2.59. The first-order valence-electron chi connectivity index (χ1n) is 7.86. The molecule has 0 aliphatic carbocycles. The number of hydrogen-bond donors (Lipinski definition) is 1. The zero-order valence-electron chi connectivity index (χ0n) is 13.4. The van der Waals surface area contributed by atoms with Gasteiger partial charge in [-0.2, -0.15) is 0 Å². The molecule has 0 unspecified atom stereocenters. The molecule has 0 saturated carbocycles. The normalized spacial score (nSPS) is 18.0. The summed E-state index contributed by atoms with van der Waals surface area (Å²) in [6.07, 6.45) is 0.704. The first kappa shape index (κ1) is 16.8. The van der Waals surface area contributed by atoms with Gasteiger partial charge in [-0.3, -0.25) is 0 Å². The summed E-state index contributed by atoms with van der Waals surface area (Å²) in [5, 5.41) is 9.89. The molecule has 1 aromatic carbocycles. The zero-order valence-corrected chi connectivity index (χ0v) is 13.4. The molecule has 0 radical (unpaired) electrons. The van der Waals surface area contributed by atoms with Crippen LogP contribution in [-0.4, -0.2) is 62.4 Å². The molecule has 1 N–H and O–H groups in total. The van der Waals surface area contributed by atoms with Crippen molar-refractivity contribution in [3.05, 3.63) is 30.3 Å². The Hall–Kier alpha value is -1.59. The topological polar surface area (TPSA) is 53.0 Å². The number of rotatable bonds is 6. The van der Waals surface area contributed by atoms with Crippen LogP contribution in [0.15, 0.2) is 30.3 Å². The zero-order chi connectivity index (χ0) is 15.9. The first-order valence-corrected chi connectivity index (χ1v) is 7.86. The molecule has 5 heteroatoms. The van der Waals surface area contributed by atoms with Crippen LogP contribution in [0.5, 0.6) is 0 Å². The van der Waals surface area contributed by atoms with E-state index in [1.807, 2.05) is 18.2 Å². The first-order chi connectivity index (χ1) is 10.6. The van der Waals surface area contributed by atoms with Crippen molar-refractivity contribution >= 4 is 11.7 Å². The minimum Gasteiger partial charge on any atom is -0.467 e. The van der Waals surface area contributed by atoms with Gasteiger partial charge in [-0.15, -0.1) is 0 Å². The molecular formula is C17H26N2O3. The second-order valence-corrected chi connectivity index (χ2v) is 5.90. The number of nitrogens with zero attached hydrogens (tertiary/aromatic N) is 2. The van der Waals surface area contributed by atoms with Gasteiger partial charge in [0.05, 0.1) is 7.11 Å². The largest absolute Gasteiger partial charge is 0.467 e. The molecule has 22 heavy (non-hydrogen) atoms. The summed E-state index contributed by atoms with van der Waals surface area (Å²) in [5.41, 5.74) is 1.22. The lowest BCUT2D eigenvalue weighted by molar-refractivity contribution is -0.154. The second-order valence-electron chi connectivity index (χ2n) is 5.90. The summed E-state index contributed by atoms with van der Waals surface area (Å²) in [6, 6.07) is 10.3. The molecule has 0 bridgehead atoms. The lowest BCUT2D eigenvalue weighted by Gasteiger charge is -2.34. The van der Waals surface area contributed by atoms with Crippen LogP contribution in [0, 0.1) is 5.92 Å². The quantitative estimate of drug-likeness (QED) is 0.805. The van der Waals surface area contributed by atoms with Crippen molar-refractivity contribution in [3.63, 3.8) is 0 Å². The molecule has 1 aliphatic rings. The third-order valence-corrected chi connectivity index (χ3v) is 4.47. The number of likely N-dealkylation sites (N-methyl/N-ethyl adjacent to an activating group) is 1. The van der Waals surface area contributed by atoms with Crippen molar-refractivity contribution in [1.82, 2.24) is 4.90 Å². The number of carbonyl (C=O) groups excluding carboxylic acids is 1. The summed E-state index contributed by atoms with van der Waals surface area (Å²) in [5.74, 6) is -0.488. The third kappa shape index (κ3) is 4.45. The molecule has 0 aromatic heterocycles. The number of aliphatic hydroxyl groups excluding tert-OH is 1. The van der Waals surface area contributed by atoms with E-state index >= 15 is 0 Å². The third-order valence-electron chi connectivity index (χ3n) is 4.47. The highest BCUT2D eigenvalue weighted by molar-refractivity contribution is 5.74. The van der Waals surface area contributed by atoms with Crippen molar-refractivity contribution in [3.8, 4) is 0 Å². The van der Waals surface area contributed by atoms with Gasteiger partial charge in [0.15, 0.2) is 6.10 Å². The van der Waals surface area contributed by atoms with E-state index < -0.39 is 12.1 Å². The fourth-order valence-electron chi connectivity index (χ4n) is 2.91. The molecule has 1 saturated heterocycles. The summed E-state index contributed by atoms with van der Waals surface area (Å²) in [4.78, 5) is 16.0. The smallest absolute Gasteiger partial charge is 0.334 e. The molecule has 1 aliphatic heterocycles. The Balaban J connectivity index is 1.73. The number of carbonyl (C=O) groups is 1. The number of ether oxygens (including phenoxy) is 1. The van der Waals surface area contributed by atoms with Crippen LogP contribution in [-0.2, 0) is 9.53 Å². The number of esters is 1. The van der Waals surface area contributed by atoms with Crippen LogP contribution in [0.1, 0.15) is 12.8 Å². The van der Waals surface area contributed by atoms with Gasteiger partial charge in [-0.1, -0.05) is 18.2 Å². The van der Waals surface area contributed by atoms with Crippen molar-refractivity contribution in [2.75, 3.05) is 45.2 Å². The van der Waals surface area contributed by atoms with E-state index in [9.17, 15) is 9.90 Å². The highest BCUT2D eigenvalue weighted by atomic mass is 16.5. The van der Waals surface area contributed by atoms with Crippen LogP contribution in [0.2, 0.25) is 0 Å². The molecule has 1 aromatic rings. The summed E-state index contributed by atoms with van der Waals surface area (Å²) in [6.45, 7) is 3.80. The van der Waals surface area contributed by atoms with Crippen LogP contribution in [0.4, 0.5) is 5.69 Å². The molecule has 1 fully saturated rings. The van der Waals surface area contributed by atoms with E-state index in [0.717, 1.165) is 39.0 Å². The van der Waals surface area contributed by atoms with Crippen LogP contribution < -0.4 is 4.90 Å². The Morgan fingerprint density at radius 1 is 1.36 bits per heavy atom. The number of likely N-dealkylation sites (tertiary alicyclic amines) is 1. The monoisotopic (exact) mass is 306 g/mol. The van der Waals surface area contributed by atoms with Crippen molar-refractivity contribution in [2.24, 2.45) is 5.92 Å². The molecule has 1 heterocycles. The second kappa shape index (κ2) is 8.15. The summed E-state index contributed by atoms with van der Waals surface area (Å²) < 4.78 is 4.61. The molecule has 2 rings (SSSR count). The van der Waals surface area contributed by atoms with Gasteiger partial charge < -0.3 is 19.6 Å². The number of piperidine rings is 1. The number of para-hydroxylation sites is 1. The van der Waals surface area contributed by atoms with Crippen LogP contribution in [0.3, 0.4) is 0 Å². The molecule has 122 valence electrons. The van der Waals surface area contributed by atoms with Gasteiger partial charge in [0.1, 0.15) is 0 Å². The molecule has 5 nitrogen and oxygen atoms in total.